The second kappa shape index (κ2) is 6.28. The Hall–Kier alpha value is -0.860. The molecule has 3 atom stereocenters. The number of likely N-dealkylation sites (N-methyl/N-ethyl adjacent to an activating group) is 1. The fourth-order valence-electron chi connectivity index (χ4n) is 4.29. The summed E-state index contributed by atoms with van der Waals surface area (Å²) in [6, 6.07) is 10.1. The maximum absolute atomic E-state index is 3.54. The molecule has 2 heteroatoms. The Balaban J connectivity index is 1.71. The second-order valence-corrected chi connectivity index (χ2v) is 6.59. The molecule has 1 saturated carbocycles. The van der Waals surface area contributed by atoms with E-state index in [0.29, 0.717) is 6.04 Å². The number of aryl methyl sites for hydroxylation is 1. The van der Waals surface area contributed by atoms with Crippen molar-refractivity contribution in [1.82, 2.24) is 10.2 Å². The average molecular weight is 272 g/mol. The third-order valence-electron chi connectivity index (χ3n) is 5.45. The van der Waals surface area contributed by atoms with Gasteiger partial charge in [0, 0.05) is 18.6 Å². The van der Waals surface area contributed by atoms with Crippen molar-refractivity contribution in [2.24, 2.45) is 5.92 Å². The van der Waals surface area contributed by atoms with Gasteiger partial charge in [-0.1, -0.05) is 37.1 Å². The second-order valence-electron chi connectivity index (χ2n) is 6.59. The van der Waals surface area contributed by atoms with Gasteiger partial charge in [0.25, 0.3) is 0 Å². The number of nitrogens with zero attached hydrogens (tertiary/aromatic N) is 1. The van der Waals surface area contributed by atoms with E-state index in [0.717, 1.165) is 12.0 Å². The molecular formula is C18H28N2. The summed E-state index contributed by atoms with van der Waals surface area (Å²) in [6.07, 6.45) is 7.22. The third kappa shape index (κ3) is 2.77. The van der Waals surface area contributed by atoms with Crippen molar-refractivity contribution in [2.45, 2.75) is 51.1 Å². The van der Waals surface area contributed by atoms with Crippen LogP contribution in [-0.2, 0) is 0 Å². The Morgan fingerprint density at radius 3 is 2.80 bits per heavy atom. The Morgan fingerprint density at radius 1 is 1.20 bits per heavy atom. The molecule has 2 fully saturated rings. The van der Waals surface area contributed by atoms with E-state index >= 15 is 0 Å². The highest BCUT2D eigenvalue weighted by atomic mass is 15.2. The zero-order chi connectivity index (χ0) is 13.9. The van der Waals surface area contributed by atoms with Gasteiger partial charge >= 0.3 is 0 Å². The van der Waals surface area contributed by atoms with Gasteiger partial charge in [-0.05, 0) is 56.8 Å². The Labute approximate surface area is 123 Å². The minimum absolute atomic E-state index is 0.469. The van der Waals surface area contributed by atoms with E-state index in [1.165, 1.54) is 56.3 Å². The normalized spacial score (nSPS) is 28.3. The van der Waals surface area contributed by atoms with Gasteiger partial charge in [0.05, 0.1) is 0 Å². The van der Waals surface area contributed by atoms with E-state index in [9.17, 15) is 0 Å². The average Bonchev–Trinajstić information content (AvgIpc) is 2.89. The number of likely N-dealkylation sites (tertiary alicyclic amines) is 1. The Bertz CT molecular complexity index is 443. The van der Waals surface area contributed by atoms with Gasteiger partial charge in [-0.3, -0.25) is 4.90 Å². The number of hydrogen-bond acceptors (Lipinski definition) is 2. The SMILES string of the molecule is CNC(CN1CCC2CCCCC21)c1ccccc1C. The number of rotatable bonds is 4. The molecule has 2 nitrogen and oxygen atoms in total. The Morgan fingerprint density at radius 2 is 2.00 bits per heavy atom. The summed E-state index contributed by atoms with van der Waals surface area (Å²) in [5.74, 6) is 0.984. The molecule has 0 radical (unpaired) electrons. The monoisotopic (exact) mass is 272 g/mol. The van der Waals surface area contributed by atoms with Gasteiger partial charge in [-0.2, -0.15) is 0 Å². The standard InChI is InChI=1S/C18H28N2/c1-14-7-3-5-9-16(14)17(19-2)13-20-12-11-15-8-4-6-10-18(15)20/h3,5,7,9,15,17-19H,4,6,8,10-13H2,1-2H3. The summed E-state index contributed by atoms with van der Waals surface area (Å²) in [5.41, 5.74) is 2.88. The zero-order valence-corrected chi connectivity index (χ0v) is 12.9. The van der Waals surface area contributed by atoms with E-state index in [4.69, 9.17) is 0 Å². The van der Waals surface area contributed by atoms with Crippen LogP contribution in [0.15, 0.2) is 24.3 Å². The third-order valence-corrected chi connectivity index (χ3v) is 5.45. The first-order valence-electron chi connectivity index (χ1n) is 8.26. The molecule has 1 aromatic rings. The molecule has 1 heterocycles. The van der Waals surface area contributed by atoms with Crippen LogP contribution < -0.4 is 5.32 Å². The van der Waals surface area contributed by atoms with Crippen LogP contribution in [0.5, 0.6) is 0 Å². The van der Waals surface area contributed by atoms with Crippen molar-refractivity contribution in [2.75, 3.05) is 20.1 Å². The van der Waals surface area contributed by atoms with Gasteiger partial charge in [0.1, 0.15) is 0 Å². The van der Waals surface area contributed by atoms with Gasteiger partial charge in [-0.25, -0.2) is 0 Å². The van der Waals surface area contributed by atoms with E-state index in [2.05, 4.69) is 48.5 Å². The van der Waals surface area contributed by atoms with Crippen molar-refractivity contribution >= 4 is 0 Å². The molecule has 1 N–H and O–H groups in total. The summed E-state index contributed by atoms with van der Waals surface area (Å²) in [6.45, 7) is 4.70. The van der Waals surface area contributed by atoms with Crippen LogP contribution in [0.4, 0.5) is 0 Å². The summed E-state index contributed by atoms with van der Waals surface area (Å²) < 4.78 is 0. The molecule has 110 valence electrons. The van der Waals surface area contributed by atoms with E-state index < -0.39 is 0 Å². The highest BCUT2D eigenvalue weighted by Crippen LogP contribution is 2.37. The molecule has 3 unspecified atom stereocenters. The molecule has 0 amide bonds. The molecular weight excluding hydrogens is 244 g/mol. The first kappa shape index (κ1) is 14.1. The van der Waals surface area contributed by atoms with Gasteiger partial charge < -0.3 is 5.32 Å². The summed E-state index contributed by atoms with van der Waals surface area (Å²) in [7, 11) is 2.10. The van der Waals surface area contributed by atoms with Gasteiger partial charge in [0.15, 0.2) is 0 Å². The van der Waals surface area contributed by atoms with Crippen molar-refractivity contribution in [1.29, 1.82) is 0 Å². The van der Waals surface area contributed by atoms with Crippen molar-refractivity contribution < 1.29 is 0 Å². The first-order chi connectivity index (χ1) is 9.79. The molecule has 1 saturated heterocycles. The van der Waals surface area contributed by atoms with E-state index in [1.807, 2.05) is 0 Å². The highest BCUT2D eigenvalue weighted by Gasteiger charge is 2.36. The van der Waals surface area contributed by atoms with E-state index in [-0.39, 0.29) is 0 Å². The van der Waals surface area contributed by atoms with Gasteiger partial charge in [-0.15, -0.1) is 0 Å². The smallest absolute Gasteiger partial charge is 0.0449 e. The molecule has 1 aromatic carbocycles. The van der Waals surface area contributed by atoms with Crippen LogP contribution in [0.2, 0.25) is 0 Å². The number of benzene rings is 1. The van der Waals surface area contributed by atoms with Crippen LogP contribution in [0.3, 0.4) is 0 Å². The van der Waals surface area contributed by atoms with Crippen molar-refractivity contribution in [3.8, 4) is 0 Å². The van der Waals surface area contributed by atoms with Crippen LogP contribution in [0.1, 0.15) is 49.3 Å². The van der Waals surface area contributed by atoms with E-state index in [1.54, 1.807) is 0 Å². The summed E-state index contributed by atoms with van der Waals surface area (Å²) >= 11 is 0. The molecule has 0 aromatic heterocycles. The topological polar surface area (TPSA) is 15.3 Å². The predicted molar refractivity (Wildman–Crippen MR) is 84.9 cm³/mol. The maximum Gasteiger partial charge on any atom is 0.0449 e. The predicted octanol–water partition coefficient (Wildman–Crippen LogP) is 3.52. The molecule has 3 rings (SSSR count). The molecule has 2 aliphatic rings. The number of nitrogens with one attached hydrogen (secondary N) is 1. The highest BCUT2D eigenvalue weighted by molar-refractivity contribution is 5.29. The molecule has 20 heavy (non-hydrogen) atoms. The lowest BCUT2D eigenvalue weighted by Gasteiger charge is -2.34. The summed E-state index contributed by atoms with van der Waals surface area (Å²) in [4.78, 5) is 2.76. The van der Waals surface area contributed by atoms with Gasteiger partial charge in [0.2, 0.25) is 0 Å². The largest absolute Gasteiger partial charge is 0.312 e. The maximum atomic E-state index is 3.54. The van der Waals surface area contributed by atoms with Crippen LogP contribution in [0, 0.1) is 12.8 Å². The lowest BCUT2D eigenvalue weighted by Crippen LogP contribution is -2.40. The number of hydrogen-bond donors (Lipinski definition) is 1. The van der Waals surface area contributed by atoms with Crippen molar-refractivity contribution in [3.05, 3.63) is 35.4 Å². The lowest BCUT2D eigenvalue weighted by molar-refractivity contribution is 0.169. The minimum Gasteiger partial charge on any atom is -0.312 e. The first-order valence-corrected chi connectivity index (χ1v) is 8.26. The lowest BCUT2D eigenvalue weighted by atomic mass is 9.85. The fraction of sp³-hybridized carbons (Fsp3) is 0.667. The fourth-order valence-corrected chi connectivity index (χ4v) is 4.29. The van der Waals surface area contributed by atoms with Crippen LogP contribution in [0.25, 0.3) is 0 Å². The molecule has 1 aliphatic heterocycles. The van der Waals surface area contributed by atoms with Crippen LogP contribution in [-0.4, -0.2) is 31.1 Å². The zero-order valence-electron chi connectivity index (χ0n) is 12.9. The molecule has 0 spiro atoms. The minimum atomic E-state index is 0.469. The molecule has 0 bridgehead atoms. The Kier molecular flexibility index (Phi) is 4.42. The van der Waals surface area contributed by atoms with Crippen LogP contribution >= 0.6 is 0 Å². The van der Waals surface area contributed by atoms with Crippen molar-refractivity contribution in [3.63, 3.8) is 0 Å². The number of fused-ring (bicyclic) bond motifs is 1. The molecule has 1 aliphatic carbocycles. The quantitative estimate of drug-likeness (QED) is 0.902. The summed E-state index contributed by atoms with van der Waals surface area (Å²) in [5, 5.41) is 3.54.